The first-order chi connectivity index (χ1) is 12.9. The third-order valence-electron chi connectivity index (χ3n) is 4.46. The number of rotatable bonds is 11. The van der Waals surface area contributed by atoms with Crippen LogP contribution in [0.3, 0.4) is 0 Å². The number of aliphatic hydroxyl groups excluding tert-OH is 1. The molecule has 150 valence electrons. The quantitative estimate of drug-likeness (QED) is 0.614. The second-order valence-electron chi connectivity index (χ2n) is 7.10. The highest BCUT2D eigenvalue weighted by Gasteiger charge is 2.13. The van der Waals surface area contributed by atoms with Crippen LogP contribution in [0.25, 0.3) is 0 Å². The van der Waals surface area contributed by atoms with Crippen LogP contribution in [0.15, 0.2) is 30.3 Å². The molecule has 5 nitrogen and oxygen atoms in total. The molecule has 2 rings (SSSR count). The van der Waals surface area contributed by atoms with E-state index in [1.807, 2.05) is 36.6 Å². The summed E-state index contributed by atoms with van der Waals surface area (Å²) in [6.07, 6.45) is -0.544. The Hall–Kier alpha value is -1.60. The summed E-state index contributed by atoms with van der Waals surface area (Å²) in [6, 6.07) is 10.6. The average molecular weight is 393 g/mol. The molecule has 0 aliphatic rings. The van der Waals surface area contributed by atoms with Gasteiger partial charge in [0.25, 0.3) is 0 Å². The van der Waals surface area contributed by atoms with E-state index < -0.39 is 6.10 Å². The van der Waals surface area contributed by atoms with E-state index in [4.69, 9.17) is 9.47 Å². The number of nitrogens with one attached hydrogen (secondary N) is 1. The maximum absolute atomic E-state index is 10.2. The van der Waals surface area contributed by atoms with Crippen molar-refractivity contribution in [1.29, 1.82) is 0 Å². The van der Waals surface area contributed by atoms with Crippen LogP contribution >= 0.6 is 11.3 Å². The molecule has 0 saturated carbocycles. The van der Waals surface area contributed by atoms with E-state index >= 15 is 0 Å². The number of ether oxygens (including phenoxy) is 2. The van der Waals surface area contributed by atoms with Gasteiger partial charge in [0.05, 0.1) is 7.11 Å². The van der Waals surface area contributed by atoms with Gasteiger partial charge in [-0.05, 0) is 57.6 Å². The summed E-state index contributed by atoms with van der Waals surface area (Å²) in [5, 5.41) is 13.6. The Morgan fingerprint density at radius 2 is 1.93 bits per heavy atom. The average Bonchev–Trinajstić information content (AvgIpc) is 3.05. The summed E-state index contributed by atoms with van der Waals surface area (Å²) in [5.74, 6) is 1.34. The lowest BCUT2D eigenvalue weighted by molar-refractivity contribution is 0.0668. The lowest BCUT2D eigenvalue weighted by atomic mass is 10.2. The van der Waals surface area contributed by atoms with Gasteiger partial charge in [-0.2, -0.15) is 0 Å². The summed E-state index contributed by atoms with van der Waals surface area (Å²) in [7, 11) is 3.63. The molecule has 1 aromatic heterocycles. The molecule has 1 aromatic carbocycles. The summed E-state index contributed by atoms with van der Waals surface area (Å²) in [4.78, 5) is 4.76. The van der Waals surface area contributed by atoms with Crippen LogP contribution < -0.4 is 14.8 Å². The van der Waals surface area contributed by atoms with Crippen LogP contribution in [-0.4, -0.2) is 49.5 Å². The highest BCUT2D eigenvalue weighted by molar-refractivity contribution is 7.11. The van der Waals surface area contributed by atoms with Crippen LogP contribution in [0.2, 0.25) is 0 Å². The van der Waals surface area contributed by atoms with Crippen molar-refractivity contribution in [3.63, 3.8) is 0 Å². The molecule has 1 heterocycles. The number of benzene rings is 1. The van der Waals surface area contributed by atoms with E-state index in [1.165, 1.54) is 9.75 Å². The maximum Gasteiger partial charge on any atom is 0.161 e. The van der Waals surface area contributed by atoms with Crippen molar-refractivity contribution in [1.82, 2.24) is 10.2 Å². The molecule has 0 fully saturated rings. The van der Waals surface area contributed by atoms with Crippen LogP contribution in [0.1, 0.15) is 29.2 Å². The van der Waals surface area contributed by atoms with Gasteiger partial charge in [-0.1, -0.05) is 6.07 Å². The normalized spacial score (nSPS) is 12.6. The van der Waals surface area contributed by atoms with Crippen molar-refractivity contribution in [2.24, 2.45) is 0 Å². The minimum atomic E-state index is -0.544. The van der Waals surface area contributed by atoms with Crippen molar-refractivity contribution in [3.05, 3.63) is 45.6 Å². The third-order valence-corrected chi connectivity index (χ3v) is 5.46. The zero-order valence-electron chi connectivity index (χ0n) is 17.0. The van der Waals surface area contributed by atoms with Gasteiger partial charge >= 0.3 is 0 Å². The van der Waals surface area contributed by atoms with Gasteiger partial charge in [-0.3, -0.25) is 0 Å². The van der Waals surface area contributed by atoms with Crippen molar-refractivity contribution < 1.29 is 14.6 Å². The molecule has 1 unspecified atom stereocenters. The van der Waals surface area contributed by atoms with Crippen LogP contribution in [-0.2, 0) is 13.1 Å². The molecule has 0 saturated heterocycles. The highest BCUT2D eigenvalue weighted by Crippen LogP contribution is 2.28. The molecular weight excluding hydrogens is 360 g/mol. The second kappa shape index (κ2) is 10.7. The summed E-state index contributed by atoms with van der Waals surface area (Å²) in [5.41, 5.74) is 1.13. The number of hydrogen-bond donors (Lipinski definition) is 2. The molecule has 0 spiro atoms. The first-order valence-electron chi connectivity index (χ1n) is 9.33. The number of aryl methyl sites for hydroxylation is 1. The van der Waals surface area contributed by atoms with E-state index in [-0.39, 0.29) is 6.61 Å². The summed E-state index contributed by atoms with van der Waals surface area (Å²) in [6.45, 7) is 8.75. The van der Waals surface area contributed by atoms with Crippen LogP contribution in [0.4, 0.5) is 0 Å². The van der Waals surface area contributed by atoms with Crippen LogP contribution in [0.5, 0.6) is 11.5 Å². The predicted octanol–water partition coefficient (Wildman–Crippen LogP) is 3.43. The molecule has 0 aliphatic carbocycles. The SMILES string of the molecule is COc1cc(CNCc2ccc(C)s2)ccc1OCC(O)CN(C)C(C)C. The number of likely N-dealkylation sites (N-methyl/N-ethyl adjacent to an activating group) is 1. The predicted molar refractivity (Wildman–Crippen MR) is 112 cm³/mol. The van der Waals surface area contributed by atoms with E-state index in [0.29, 0.717) is 24.1 Å². The van der Waals surface area contributed by atoms with Crippen molar-refractivity contribution in [3.8, 4) is 11.5 Å². The van der Waals surface area contributed by atoms with Gasteiger partial charge in [0.15, 0.2) is 11.5 Å². The monoisotopic (exact) mass is 392 g/mol. The number of methoxy groups -OCH3 is 1. The lowest BCUT2D eigenvalue weighted by Crippen LogP contribution is -2.36. The fourth-order valence-electron chi connectivity index (χ4n) is 2.63. The summed E-state index contributed by atoms with van der Waals surface area (Å²) < 4.78 is 11.2. The van der Waals surface area contributed by atoms with E-state index in [1.54, 1.807) is 7.11 Å². The minimum absolute atomic E-state index is 0.239. The van der Waals surface area contributed by atoms with Gasteiger partial charge in [0.2, 0.25) is 0 Å². The summed E-state index contributed by atoms with van der Waals surface area (Å²) >= 11 is 1.81. The first kappa shape index (κ1) is 21.7. The highest BCUT2D eigenvalue weighted by atomic mass is 32.1. The van der Waals surface area contributed by atoms with Crippen molar-refractivity contribution in [2.75, 3.05) is 27.3 Å². The second-order valence-corrected chi connectivity index (χ2v) is 8.47. The van der Waals surface area contributed by atoms with Gasteiger partial charge in [-0.15, -0.1) is 11.3 Å². The number of hydrogen-bond acceptors (Lipinski definition) is 6. The standard InChI is InChI=1S/C21H32N2O3S/c1-15(2)23(4)13-18(24)14-26-20-9-7-17(10-21(20)25-5)11-22-12-19-8-6-16(3)27-19/h6-10,15,18,22,24H,11-14H2,1-5H3. The van der Waals surface area contributed by atoms with E-state index in [2.05, 4.69) is 43.1 Å². The molecular formula is C21H32N2O3S. The fraction of sp³-hybridized carbons (Fsp3) is 0.524. The molecule has 1 atom stereocenters. The van der Waals surface area contributed by atoms with E-state index in [0.717, 1.165) is 18.7 Å². The van der Waals surface area contributed by atoms with Crippen molar-refractivity contribution >= 4 is 11.3 Å². The van der Waals surface area contributed by atoms with Gasteiger partial charge in [0, 0.05) is 35.4 Å². The number of thiophene rings is 1. The third kappa shape index (κ3) is 7.14. The Bertz CT molecular complexity index is 702. The molecule has 2 aromatic rings. The first-order valence-corrected chi connectivity index (χ1v) is 10.1. The van der Waals surface area contributed by atoms with Gasteiger partial charge in [-0.25, -0.2) is 0 Å². The topological polar surface area (TPSA) is 54.0 Å². The molecule has 0 radical (unpaired) electrons. The number of aliphatic hydroxyl groups is 1. The molecule has 6 heteroatoms. The number of nitrogens with zero attached hydrogens (tertiary/aromatic N) is 1. The Morgan fingerprint density at radius 1 is 1.15 bits per heavy atom. The molecule has 0 amide bonds. The Kier molecular flexibility index (Phi) is 8.57. The smallest absolute Gasteiger partial charge is 0.161 e. The largest absolute Gasteiger partial charge is 0.493 e. The molecule has 0 aliphatic heterocycles. The maximum atomic E-state index is 10.2. The Morgan fingerprint density at radius 3 is 2.56 bits per heavy atom. The molecule has 2 N–H and O–H groups in total. The lowest BCUT2D eigenvalue weighted by Gasteiger charge is -2.24. The van der Waals surface area contributed by atoms with Crippen molar-refractivity contribution in [2.45, 2.75) is 46.0 Å². The molecule has 27 heavy (non-hydrogen) atoms. The minimum Gasteiger partial charge on any atom is -0.493 e. The zero-order valence-corrected chi connectivity index (χ0v) is 17.8. The fourth-order valence-corrected chi connectivity index (χ4v) is 3.49. The van der Waals surface area contributed by atoms with Crippen LogP contribution in [0, 0.1) is 6.92 Å². The van der Waals surface area contributed by atoms with Gasteiger partial charge in [0.1, 0.15) is 12.7 Å². The molecule has 0 bridgehead atoms. The van der Waals surface area contributed by atoms with Gasteiger partial charge < -0.3 is 24.8 Å². The Balaban J connectivity index is 1.85. The zero-order chi connectivity index (χ0) is 19.8. The van der Waals surface area contributed by atoms with E-state index in [9.17, 15) is 5.11 Å². The Labute approximate surface area is 166 Å².